The number of benzene rings is 2. The third kappa shape index (κ3) is 5.39. The predicted molar refractivity (Wildman–Crippen MR) is 141 cm³/mol. The van der Waals surface area contributed by atoms with Crippen molar-refractivity contribution in [1.29, 1.82) is 0 Å². The molecule has 2 aromatic heterocycles. The normalized spacial score (nSPS) is 14.0. The number of anilines is 1. The van der Waals surface area contributed by atoms with Crippen molar-refractivity contribution < 1.29 is 29.8 Å². The average molecular weight is 532 g/mol. The molecular formula is C25H29N3O6S2. The summed E-state index contributed by atoms with van der Waals surface area (Å²) in [4.78, 5) is 25.5. The van der Waals surface area contributed by atoms with E-state index in [0.717, 1.165) is 50.4 Å². The Labute approximate surface area is 215 Å². The Morgan fingerprint density at radius 3 is 2.39 bits per heavy atom. The van der Waals surface area contributed by atoms with Crippen LogP contribution in [0.4, 0.5) is 5.69 Å². The molecule has 11 heteroatoms. The summed E-state index contributed by atoms with van der Waals surface area (Å²) in [6, 6.07) is 16.3. The van der Waals surface area contributed by atoms with Crippen LogP contribution in [0.3, 0.4) is 0 Å². The Morgan fingerprint density at radius 2 is 1.75 bits per heavy atom. The minimum atomic E-state index is -1.08. The van der Waals surface area contributed by atoms with Gasteiger partial charge >= 0.3 is 5.89 Å². The lowest BCUT2D eigenvalue weighted by molar-refractivity contribution is -0.674. The van der Waals surface area contributed by atoms with E-state index in [0.29, 0.717) is 6.54 Å². The van der Waals surface area contributed by atoms with Gasteiger partial charge in [-0.2, -0.15) is 4.57 Å². The summed E-state index contributed by atoms with van der Waals surface area (Å²) < 4.78 is 11.8. The lowest BCUT2D eigenvalue weighted by Crippen LogP contribution is -2.36. The van der Waals surface area contributed by atoms with Crippen LogP contribution in [0.15, 0.2) is 62.6 Å². The highest BCUT2D eigenvalue weighted by atomic mass is 32.2. The molecule has 0 bridgehead atoms. The maximum atomic E-state index is 13.3. The molecule has 36 heavy (non-hydrogen) atoms. The number of rotatable bonds is 3. The van der Waals surface area contributed by atoms with Crippen LogP contribution in [0.5, 0.6) is 0 Å². The molecule has 9 nitrogen and oxygen atoms in total. The van der Waals surface area contributed by atoms with E-state index in [9.17, 15) is 4.79 Å². The van der Waals surface area contributed by atoms with Crippen molar-refractivity contribution in [3.05, 3.63) is 74.0 Å². The minimum Gasteiger partial charge on any atom is -0.550 e. The fraction of sp³-hybridized carbons (Fsp3) is 0.240. The number of carbonyl (C=O) groups is 1. The molecule has 2 aromatic carbocycles. The highest BCUT2D eigenvalue weighted by molar-refractivity contribution is 8.08. The summed E-state index contributed by atoms with van der Waals surface area (Å²) in [5.74, 6) is -0.325. The lowest BCUT2D eigenvalue weighted by atomic mass is 10.3. The number of aryl methyl sites for hydroxylation is 1. The molecule has 4 N–H and O–H groups in total. The van der Waals surface area contributed by atoms with Gasteiger partial charge < -0.3 is 30.2 Å². The first-order valence-electron chi connectivity index (χ1n) is 10.9. The van der Waals surface area contributed by atoms with Crippen molar-refractivity contribution in [3.63, 3.8) is 0 Å². The SMILES string of the molecule is CC(=O)[O-].CCn1c(=Cc2oc3ccccc3[n+]2CC)sc(=C2Sc3ccccc3N2C)c1=O.O.O. The lowest BCUT2D eigenvalue weighted by Gasteiger charge is -2.11. The van der Waals surface area contributed by atoms with Crippen molar-refractivity contribution in [2.45, 2.75) is 38.8 Å². The van der Waals surface area contributed by atoms with Crippen LogP contribution >= 0.6 is 23.1 Å². The second-order valence-electron chi connectivity index (χ2n) is 7.54. The molecule has 0 fully saturated rings. The van der Waals surface area contributed by atoms with Gasteiger partial charge in [0.05, 0.1) is 11.8 Å². The van der Waals surface area contributed by atoms with Crippen LogP contribution in [0.25, 0.3) is 22.2 Å². The Bertz CT molecular complexity index is 1550. The second kappa shape index (κ2) is 12.0. The quantitative estimate of drug-likeness (QED) is 0.346. The number of aromatic nitrogens is 2. The van der Waals surface area contributed by atoms with Crippen LogP contribution in [0.2, 0.25) is 0 Å². The van der Waals surface area contributed by atoms with Crippen LogP contribution in [0, 0.1) is 0 Å². The first kappa shape index (κ1) is 28.9. The van der Waals surface area contributed by atoms with E-state index in [1.165, 1.54) is 16.2 Å². The standard InChI is InChI=1S/C23H22N3O2S2.C2H4O2.2H2O/c1-4-25-15-10-6-8-12-17(15)28-19(25)14-20-26(5-2)22(27)21(30-20)23-24(3)16-11-7-9-13-18(16)29-23;1-2(3)4;;/h6-14H,4-5H2,1-3H3;1H3,(H,3,4);2*1H2/q+1;;;/p-1. The molecule has 0 saturated carbocycles. The van der Waals surface area contributed by atoms with Gasteiger partial charge in [-0.3, -0.25) is 9.36 Å². The van der Waals surface area contributed by atoms with Gasteiger partial charge in [0, 0.05) is 30.5 Å². The fourth-order valence-corrected chi connectivity index (χ4v) is 6.30. The predicted octanol–water partition coefficient (Wildman–Crippen LogP) is 0.227. The van der Waals surface area contributed by atoms with Crippen molar-refractivity contribution in [3.8, 4) is 0 Å². The number of thioether (sulfide) groups is 1. The molecular weight excluding hydrogens is 502 g/mol. The molecule has 0 radical (unpaired) electrons. The number of hydrogen-bond acceptors (Lipinski definition) is 7. The first-order chi connectivity index (χ1) is 16.3. The van der Waals surface area contributed by atoms with Crippen LogP contribution < -0.4 is 29.3 Å². The molecule has 0 unspecified atom stereocenters. The Hall–Kier alpha value is -3.38. The summed E-state index contributed by atoms with van der Waals surface area (Å²) in [5.41, 5.74) is 3.10. The second-order valence-corrected chi connectivity index (χ2v) is 9.60. The number of hydrogen-bond donors (Lipinski definition) is 0. The molecule has 1 aliphatic rings. The van der Waals surface area contributed by atoms with Crippen LogP contribution in [0.1, 0.15) is 26.7 Å². The van der Waals surface area contributed by atoms with Gasteiger partial charge in [-0.15, -0.1) is 11.3 Å². The molecule has 0 saturated heterocycles. The highest BCUT2D eigenvalue weighted by Crippen LogP contribution is 2.44. The summed E-state index contributed by atoms with van der Waals surface area (Å²) >= 11 is 3.19. The molecule has 0 spiro atoms. The highest BCUT2D eigenvalue weighted by Gasteiger charge is 2.25. The van der Waals surface area contributed by atoms with Gasteiger partial charge in [0.25, 0.3) is 11.1 Å². The van der Waals surface area contributed by atoms with Crippen molar-refractivity contribution in [2.24, 2.45) is 0 Å². The number of nitrogens with zero attached hydrogens (tertiary/aromatic N) is 3. The van der Waals surface area contributed by atoms with Gasteiger partial charge in [0.2, 0.25) is 5.58 Å². The van der Waals surface area contributed by atoms with E-state index >= 15 is 0 Å². The Balaban J connectivity index is 0.000000710. The summed E-state index contributed by atoms with van der Waals surface area (Å²) in [6.07, 6.45) is 2.00. The number of oxazole rings is 1. The van der Waals surface area contributed by atoms with Crippen LogP contribution in [-0.2, 0) is 17.9 Å². The Kier molecular flexibility index (Phi) is 9.65. The molecule has 1 aliphatic heterocycles. The largest absolute Gasteiger partial charge is 0.550 e. The number of fused-ring (bicyclic) bond motifs is 2. The molecule has 0 amide bonds. The van der Waals surface area contributed by atoms with Gasteiger partial charge in [-0.25, -0.2) is 0 Å². The van der Waals surface area contributed by atoms with E-state index in [1.807, 2.05) is 54.9 Å². The van der Waals surface area contributed by atoms with Crippen molar-refractivity contribution >= 4 is 57.0 Å². The fourth-order valence-electron chi connectivity index (χ4n) is 3.86. The zero-order valence-corrected chi connectivity index (χ0v) is 22.0. The average Bonchev–Trinajstić information content (AvgIpc) is 3.44. The summed E-state index contributed by atoms with van der Waals surface area (Å²) in [6.45, 7) is 6.49. The first-order valence-corrected chi connectivity index (χ1v) is 12.5. The number of thiazole rings is 1. The molecule has 5 rings (SSSR count). The minimum absolute atomic E-state index is 0. The molecule has 4 aromatic rings. The van der Waals surface area contributed by atoms with Gasteiger partial charge in [0.15, 0.2) is 0 Å². The van der Waals surface area contributed by atoms with E-state index in [1.54, 1.807) is 11.8 Å². The monoisotopic (exact) mass is 531 g/mol. The maximum absolute atomic E-state index is 13.3. The van der Waals surface area contributed by atoms with E-state index in [4.69, 9.17) is 14.3 Å². The number of carboxylic acid groups (broad SMARTS) is 1. The van der Waals surface area contributed by atoms with Crippen molar-refractivity contribution in [2.75, 3.05) is 11.9 Å². The van der Waals surface area contributed by atoms with E-state index in [-0.39, 0.29) is 16.5 Å². The Morgan fingerprint density at radius 1 is 1.11 bits per heavy atom. The number of aliphatic carboxylic acids is 1. The van der Waals surface area contributed by atoms with Gasteiger partial charge in [-0.05, 0) is 39.0 Å². The number of para-hydroxylation sites is 3. The maximum Gasteiger partial charge on any atom is 0.377 e. The summed E-state index contributed by atoms with van der Waals surface area (Å²) in [5, 5.41) is 9.88. The zero-order chi connectivity index (χ0) is 24.4. The molecule has 3 heterocycles. The third-order valence-electron chi connectivity index (χ3n) is 5.36. The van der Waals surface area contributed by atoms with Crippen molar-refractivity contribution in [1.82, 2.24) is 4.57 Å². The number of carbonyl (C=O) groups excluding carboxylic acids is 1. The summed E-state index contributed by atoms with van der Waals surface area (Å²) in [7, 11) is 2.03. The van der Waals surface area contributed by atoms with Gasteiger partial charge in [-0.1, -0.05) is 36.0 Å². The van der Waals surface area contributed by atoms with E-state index < -0.39 is 5.97 Å². The molecule has 192 valence electrons. The smallest absolute Gasteiger partial charge is 0.377 e. The van der Waals surface area contributed by atoms with Crippen LogP contribution in [-0.4, -0.2) is 28.5 Å². The number of carboxylic acids is 1. The third-order valence-corrected chi connectivity index (χ3v) is 7.85. The molecule has 0 atom stereocenters. The topological polar surface area (TPSA) is 145 Å². The zero-order valence-electron chi connectivity index (χ0n) is 20.4. The van der Waals surface area contributed by atoms with Gasteiger partial charge in [0.1, 0.15) is 20.8 Å². The molecule has 0 aliphatic carbocycles. The van der Waals surface area contributed by atoms with E-state index in [2.05, 4.69) is 34.6 Å².